The van der Waals surface area contributed by atoms with E-state index in [1.807, 2.05) is 24.3 Å². The fourth-order valence-electron chi connectivity index (χ4n) is 5.70. The van der Waals surface area contributed by atoms with Gasteiger partial charge >= 0.3 is 11.9 Å². The molecule has 0 radical (unpaired) electrons. The van der Waals surface area contributed by atoms with Crippen LogP contribution in [-0.2, 0) is 9.59 Å². The minimum Gasteiger partial charge on any atom is -0.508 e. The lowest BCUT2D eigenvalue weighted by Gasteiger charge is -2.44. The molecule has 162 valence electrons. The Morgan fingerprint density at radius 3 is 2.10 bits per heavy atom. The lowest BCUT2D eigenvalue weighted by atomic mass is 9.61. The molecule has 1 amide bonds. The van der Waals surface area contributed by atoms with Crippen LogP contribution >= 0.6 is 0 Å². The third-order valence-electron chi connectivity index (χ3n) is 6.77. The zero-order chi connectivity index (χ0) is 22.1. The third kappa shape index (κ3) is 4.50. The molecular weight excluding hydrogens is 390 g/mol. The van der Waals surface area contributed by atoms with E-state index in [0.717, 1.165) is 23.0 Å². The first-order valence-electron chi connectivity index (χ1n) is 11.0. The number of amides is 1. The Bertz CT molecular complexity index is 1000. The van der Waals surface area contributed by atoms with Crippen LogP contribution in [0.3, 0.4) is 0 Å². The molecule has 2 bridgehead atoms. The topological polar surface area (TPSA) is 86.6 Å². The van der Waals surface area contributed by atoms with Crippen molar-refractivity contribution in [2.45, 2.75) is 39.5 Å². The maximum Gasteiger partial charge on any atom is 0.394 e. The van der Waals surface area contributed by atoms with E-state index in [9.17, 15) is 14.7 Å². The summed E-state index contributed by atoms with van der Waals surface area (Å²) in [5.41, 5.74) is 5.24. The molecule has 4 rings (SSSR count). The quantitative estimate of drug-likeness (QED) is 0.589. The number of carbonyl (C=O) groups excluding carboxylic acids is 1. The Morgan fingerprint density at radius 1 is 0.871 bits per heavy atom. The Hall–Kier alpha value is -3.08. The first-order chi connectivity index (χ1) is 14.8. The number of nitrogens with one attached hydrogen (secondary N) is 1. The number of anilines is 1. The van der Waals surface area contributed by atoms with Crippen molar-refractivity contribution < 1.29 is 19.8 Å². The molecular formula is C26H29NO4. The zero-order valence-corrected chi connectivity index (χ0v) is 18.0. The molecule has 2 aliphatic rings. The highest BCUT2D eigenvalue weighted by molar-refractivity contribution is 6.36. The third-order valence-corrected chi connectivity index (χ3v) is 6.77. The van der Waals surface area contributed by atoms with Crippen molar-refractivity contribution in [1.82, 2.24) is 0 Å². The summed E-state index contributed by atoms with van der Waals surface area (Å²) in [7, 11) is 0. The minimum absolute atomic E-state index is 0.239. The summed E-state index contributed by atoms with van der Waals surface area (Å²) in [6, 6.07) is 14.7. The minimum atomic E-state index is -1.51. The van der Waals surface area contributed by atoms with Crippen LogP contribution in [0.15, 0.2) is 54.1 Å². The summed E-state index contributed by atoms with van der Waals surface area (Å²) >= 11 is 0. The second-order valence-electron chi connectivity index (χ2n) is 9.23. The van der Waals surface area contributed by atoms with Gasteiger partial charge in [0.25, 0.3) is 0 Å². The largest absolute Gasteiger partial charge is 0.508 e. The Kier molecular flexibility index (Phi) is 5.86. The number of aliphatic carboxylic acids is 1. The molecule has 3 N–H and O–H groups in total. The monoisotopic (exact) mass is 419 g/mol. The molecule has 2 fully saturated rings. The van der Waals surface area contributed by atoms with Crippen molar-refractivity contribution in [3.63, 3.8) is 0 Å². The van der Waals surface area contributed by atoms with Crippen LogP contribution in [0.25, 0.3) is 5.57 Å². The van der Waals surface area contributed by atoms with Crippen LogP contribution < -0.4 is 5.32 Å². The number of carboxylic acids is 1. The first kappa shape index (κ1) is 21.2. The van der Waals surface area contributed by atoms with Gasteiger partial charge in [-0.15, -0.1) is 0 Å². The van der Waals surface area contributed by atoms with Gasteiger partial charge in [-0.2, -0.15) is 0 Å². The van der Waals surface area contributed by atoms with E-state index in [0.29, 0.717) is 17.5 Å². The number of rotatable bonds is 3. The van der Waals surface area contributed by atoms with E-state index in [1.54, 1.807) is 24.3 Å². The Balaban J connectivity index is 1.78. The summed E-state index contributed by atoms with van der Waals surface area (Å²) in [6.07, 6.45) is 4.95. The predicted octanol–water partition coefficient (Wildman–Crippen LogP) is 5.31. The fourth-order valence-corrected chi connectivity index (χ4v) is 5.70. The molecule has 5 nitrogen and oxygen atoms in total. The van der Waals surface area contributed by atoms with E-state index >= 15 is 0 Å². The van der Waals surface area contributed by atoms with Gasteiger partial charge in [-0.05, 0) is 90.3 Å². The second-order valence-corrected chi connectivity index (χ2v) is 9.23. The smallest absolute Gasteiger partial charge is 0.394 e. The van der Waals surface area contributed by atoms with Gasteiger partial charge in [0.15, 0.2) is 0 Å². The molecule has 0 aromatic heterocycles. The Morgan fingerprint density at radius 2 is 1.48 bits per heavy atom. The van der Waals surface area contributed by atoms with E-state index in [2.05, 4.69) is 19.2 Å². The molecule has 2 saturated carbocycles. The highest BCUT2D eigenvalue weighted by atomic mass is 16.4. The summed E-state index contributed by atoms with van der Waals surface area (Å²) in [5, 5.41) is 21.0. The number of phenols is 1. The maximum atomic E-state index is 11.5. The number of carbonyl (C=O) groups is 2. The van der Waals surface area contributed by atoms with Gasteiger partial charge in [0.05, 0.1) is 0 Å². The molecule has 2 aromatic rings. The number of phenolic OH excluding ortho intramolecular Hbond substituents is 1. The van der Waals surface area contributed by atoms with Crippen molar-refractivity contribution in [3.05, 3.63) is 65.2 Å². The van der Waals surface area contributed by atoms with Crippen molar-refractivity contribution >= 4 is 23.1 Å². The number of benzene rings is 2. The lowest BCUT2D eigenvalue weighted by Crippen LogP contribution is -2.32. The number of fused-ring (bicyclic) bond motifs is 2. The van der Waals surface area contributed by atoms with Crippen LogP contribution in [0.5, 0.6) is 5.75 Å². The van der Waals surface area contributed by atoms with Crippen molar-refractivity contribution in [1.29, 1.82) is 0 Å². The van der Waals surface area contributed by atoms with Gasteiger partial charge < -0.3 is 15.5 Å². The van der Waals surface area contributed by atoms with Gasteiger partial charge in [-0.25, -0.2) is 4.79 Å². The number of carboxylic acid groups (broad SMARTS) is 1. The van der Waals surface area contributed by atoms with E-state index in [-0.39, 0.29) is 5.75 Å². The highest BCUT2D eigenvalue weighted by Crippen LogP contribution is 2.51. The van der Waals surface area contributed by atoms with E-state index in [4.69, 9.17) is 5.11 Å². The van der Waals surface area contributed by atoms with Gasteiger partial charge in [0.1, 0.15) is 5.75 Å². The SMILES string of the molecule is CC1CC2CC(C)/C(=C(\c3ccc(O)cc3)c3ccc(NC(=O)C(=O)O)cc3)C(C1)C2. The second kappa shape index (κ2) is 8.58. The lowest BCUT2D eigenvalue weighted by molar-refractivity contribution is -0.147. The molecule has 5 heteroatoms. The molecule has 4 atom stereocenters. The van der Waals surface area contributed by atoms with Crippen LogP contribution in [-0.4, -0.2) is 22.1 Å². The molecule has 0 saturated heterocycles. The molecule has 4 unspecified atom stereocenters. The number of hydrogen-bond donors (Lipinski definition) is 3. The van der Waals surface area contributed by atoms with Crippen molar-refractivity contribution in [3.8, 4) is 5.75 Å². The van der Waals surface area contributed by atoms with E-state index in [1.165, 1.54) is 36.8 Å². The Labute approximate surface area is 182 Å². The molecule has 0 spiro atoms. The average Bonchev–Trinajstić information content (AvgIpc) is 2.72. The van der Waals surface area contributed by atoms with Gasteiger partial charge in [-0.1, -0.05) is 43.7 Å². The fraction of sp³-hybridized carbons (Fsp3) is 0.385. The van der Waals surface area contributed by atoms with Gasteiger partial charge in [0.2, 0.25) is 0 Å². The molecule has 0 heterocycles. The molecule has 31 heavy (non-hydrogen) atoms. The van der Waals surface area contributed by atoms with Crippen LogP contribution in [0.4, 0.5) is 5.69 Å². The highest BCUT2D eigenvalue weighted by Gasteiger charge is 2.38. The van der Waals surface area contributed by atoms with Crippen molar-refractivity contribution in [2.75, 3.05) is 5.32 Å². The van der Waals surface area contributed by atoms with Crippen LogP contribution in [0, 0.1) is 23.7 Å². The van der Waals surface area contributed by atoms with Gasteiger partial charge in [-0.3, -0.25) is 4.79 Å². The van der Waals surface area contributed by atoms with Crippen LogP contribution in [0.2, 0.25) is 0 Å². The normalized spacial score (nSPS) is 26.8. The number of hydrogen-bond acceptors (Lipinski definition) is 3. The first-order valence-corrected chi connectivity index (χ1v) is 11.0. The predicted molar refractivity (Wildman–Crippen MR) is 121 cm³/mol. The van der Waals surface area contributed by atoms with Crippen molar-refractivity contribution in [2.24, 2.45) is 23.7 Å². The average molecular weight is 420 g/mol. The zero-order valence-electron chi connectivity index (χ0n) is 18.0. The van der Waals surface area contributed by atoms with Crippen LogP contribution in [0.1, 0.15) is 50.7 Å². The summed E-state index contributed by atoms with van der Waals surface area (Å²) in [4.78, 5) is 22.3. The summed E-state index contributed by atoms with van der Waals surface area (Å²) in [5.74, 6) is 0.228. The number of aromatic hydroxyl groups is 1. The summed E-state index contributed by atoms with van der Waals surface area (Å²) in [6.45, 7) is 4.68. The number of allylic oxidation sites excluding steroid dienone is 1. The van der Waals surface area contributed by atoms with E-state index < -0.39 is 11.9 Å². The molecule has 2 aromatic carbocycles. The summed E-state index contributed by atoms with van der Waals surface area (Å²) < 4.78 is 0. The molecule has 2 aliphatic carbocycles. The maximum absolute atomic E-state index is 11.5. The standard InChI is InChI=1S/C26H29NO4/c1-15-11-17-13-16(2)23(20(12-15)14-17)24(19-5-9-22(28)10-6-19)18-3-7-21(8-4-18)27-25(29)26(30)31/h3-10,15-17,20,28H,11-14H2,1-2H3,(H,27,29)(H,30,31)/b24-23+. The van der Waals surface area contributed by atoms with Gasteiger partial charge in [0, 0.05) is 5.69 Å². The molecule has 0 aliphatic heterocycles.